The number of fused-ring (bicyclic) bond motifs is 2. The number of hydrogen-bond acceptors (Lipinski definition) is 28. The molecule has 4 fully saturated rings. The predicted octanol–water partition coefficient (Wildman–Crippen LogP) is -2.74. The lowest BCUT2D eigenvalue weighted by atomic mass is 10.2. The number of aliphatic hydroxyl groups is 1. The van der Waals surface area contributed by atoms with E-state index < -0.39 is 184 Å². The third-order valence-corrected chi connectivity index (χ3v) is 17.2. The van der Waals surface area contributed by atoms with Gasteiger partial charge in [0, 0.05) is 49.2 Å². The first-order valence-corrected chi connectivity index (χ1v) is 31.0. The topological polar surface area (TPSA) is 580 Å². The zero-order valence-electron chi connectivity index (χ0n) is 43.7. The number of hydrogen-bond donors (Lipinski definition) is 12. The summed E-state index contributed by atoms with van der Waals surface area (Å²) in [5.74, 6) is -0.598. The highest BCUT2D eigenvalue weighted by molar-refractivity contribution is 7.48. The van der Waals surface area contributed by atoms with Crippen LogP contribution in [0.5, 0.6) is 0 Å². The van der Waals surface area contributed by atoms with E-state index in [-0.39, 0.29) is 51.8 Å². The van der Waals surface area contributed by atoms with Crippen LogP contribution in [0.1, 0.15) is 61.7 Å². The van der Waals surface area contributed by atoms with Gasteiger partial charge in [-0.2, -0.15) is 9.97 Å². The van der Waals surface area contributed by atoms with Gasteiger partial charge in [0.25, 0.3) is 22.2 Å². The minimum absolute atomic E-state index is 0.000648. The molecule has 14 N–H and O–H groups in total. The second-order valence-electron chi connectivity index (χ2n) is 19.5. The van der Waals surface area contributed by atoms with E-state index in [1.54, 1.807) is 0 Å². The van der Waals surface area contributed by atoms with Gasteiger partial charge in [-0.1, -0.05) is 0 Å². The van der Waals surface area contributed by atoms with Crippen molar-refractivity contribution < 1.29 is 98.4 Å². The van der Waals surface area contributed by atoms with E-state index in [0.29, 0.717) is 0 Å². The fraction of sp³-hybridized carbons (Fsp3) is 0.550. The predicted molar refractivity (Wildman–Crippen MR) is 277 cm³/mol. The number of nitrogens with one attached hydrogen (secondary N) is 4. The number of phosphoric acid groups is 4. The molecule has 3 unspecified atom stereocenters. The zero-order chi connectivity index (χ0) is 61.2. The van der Waals surface area contributed by atoms with Gasteiger partial charge < -0.3 is 60.0 Å². The normalized spacial score (nSPS) is 28.5. The number of nitrogens with zero attached hydrogens (tertiary/aromatic N) is 8. The molecule has 4 saturated heterocycles. The number of H-pyrrole nitrogens is 4. The standard InChI is InChI=1S/C40H52N14O27P4/c1-15-7-51(39(60)49-33(15)56)25-4-18(78-82(62,63)64)22(75-25)10-71-84(67,68)80-19-5-26(52-8-16(2)34(57)50-40(52)61)76-23(19)11-73-85(69,70)81-20-6-28(54-14-44-30-32(54)46-38(42)48-36(30)59)77-24(20)12-72-83(65,66)79-17-3-27(74-21(17)9-55)53-13-43-29-31(53)45-37(41)47-35(29)58/h7-8,13-14,17-28,55H,3-6,9-12H2,1-2H3,(H,65,66)(H,67,68)(H,69,70)(H,49,56,60)(H,50,57,61)(H2,62,63,64)(H3,41,45,47,58)(H3,42,46,48,59)/t17-,18-,19-,20-,21+,22+,23+,24+,25+,26+,27+,28+/m0/s1. The van der Waals surface area contributed by atoms with Crippen molar-refractivity contribution >= 4 is 65.5 Å². The Labute approximate surface area is 470 Å². The fourth-order valence-electron chi connectivity index (χ4n) is 9.73. The first-order valence-electron chi connectivity index (χ1n) is 24.9. The van der Waals surface area contributed by atoms with E-state index in [0.717, 1.165) is 27.9 Å². The van der Waals surface area contributed by atoms with Gasteiger partial charge in [-0.3, -0.25) is 89.0 Å². The molecule has 0 saturated carbocycles. The second-order valence-corrected chi connectivity index (χ2v) is 24.9. The molecule has 6 aromatic rings. The van der Waals surface area contributed by atoms with Crippen LogP contribution in [0.2, 0.25) is 0 Å². The Morgan fingerprint density at radius 2 is 0.847 bits per heavy atom. The summed E-state index contributed by atoms with van der Waals surface area (Å²) in [6, 6.07) is 0. The van der Waals surface area contributed by atoms with Crippen LogP contribution in [-0.2, 0) is 68.9 Å². The average Bonchev–Trinajstić information content (AvgIpc) is 1.97. The first kappa shape index (κ1) is 62.0. The maximum atomic E-state index is 14.0. The molecule has 464 valence electrons. The molecule has 0 aromatic carbocycles. The lowest BCUT2D eigenvalue weighted by molar-refractivity contribution is -0.0630. The number of aromatic amines is 4. The third-order valence-electron chi connectivity index (χ3n) is 13.6. The maximum Gasteiger partial charge on any atom is 0.472 e. The largest absolute Gasteiger partial charge is 0.472 e. The summed E-state index contributed by atoms with van der Waals surface area (Å²) in [6.07, 6.45) is -15.1. The number of aromatic nitrogens is 12. The molecule has 4 aliphatic rings. The molecule has 15 atom stereocenters. The number of rotatable bonds is 22. The van der Waals surface area contributed by atoms with Crippen molar-refractivity contribution in [3.63, 3.8) is 0 Å². The van der Waals surface area contributed by atoms with Gasteiger partial charge in [0.15, 0.2) is 22.3 Å². The molecule has 0 aliphatic carbocycles. The van der Waals surface area contributed by atoms with Gasteiger partial charge in [-0.05, 0) is 13.8 Å². The van der Waals surface area contributed by atoms with Crippen LogP contribution in [0.3, 0.4) is 0 Å². The van der Waals surface area contributed by atoms with Crippen molar-refractivity contribution in [1.29, 1.82) is 0 Å². The Bertz CT molecular complexity index is 4100. The van der Waals surface area contributed by atoms with Crippen molar-refractivity contribution in [2.75, 3.05) is 37.9 Å². The molecule has 10 rings (SSSR count). The summed E-state index contributed by atoms with van der Waals surface area (Å²) >= 11 is 0. The smallest absolute Gasteiger partial charge is 0.394 e. The second kappa shape index (κ2) is 23.9. The summed E-state index contributed by atoms with van der Waals surface area (Å²) in [5, 5.41) is 10.2. The Hall–Kier alpha value is -6.10. The van der Waals surface area contributed by atoms with E-state index >= 15 is 0 Å². The van der Waals surface area contributed by atoms with E-state index in [1.807, 2.05) is 4.98 Å². The minimum Gasteiger partial charge on any atom is -0.394 e. The van der Waals surface area contributed by atoms with Gasteiger partial charge in [0.05, 0.1) is 39.1 Å². The molecule has 41 nitrogen and oxygen atoms in total. The molecule has 0 radical (unpaired) electrons. The first-order chi connectivity index (χ1) is 39.9. The number of nitrogen functional groups attached to an aromatic ring is 2. The lowest BCUT2D eigenvalue weighted by Crippen LogP contribution is -2.33. The molecule has 10 heterocycles. The Balaban J connectivity index is 0.851. The Morgan fingerprint density at radius 3 is 1.20 bits per heavy atom. The number of imidazole rings is 2. The number of aryl methyl sites for hydroxylation is 2. The summed E-state index contributed by atoms with van der Waals surface area (Å²) < 4.78 is 118. The van der Waals surface area contributed by atoms with Crippen molar-refractivity contribution in [1.82, 2.24) is 58.1 Å². The van der Waals surface area contributed by atoms with Crippen molar-refractivity contribution in [3.05, 3.63) is 98.6 Å². The van der Waals surface area contributed by atoms with Crippen LogP contribution >= 0.6 is 31.3 Å². The third kappa shape index (κ3) is 13.9. The fourth-order valence-corrected chi connectivity index (χ4v) is 13.2. The summed E-state index contributed by atoms with van der Waals surface area (Å²) in [6.45, 7) is -1.13. The van der Waals surface area contributed by atoms with Gasteiger partial charge >= 0.3 is 42.7 Å². The van der Waals surface area contributed by atoms with Crippen LogP contribution in [0, 0.1) is 13.8 Å². The van der Waals surface area contributed by atoms with E-state index in [4.69, 9.17) is 62.1 Å². The van der Waals surface area contributed by atoms with Crippen LogP contribution in [-0.4, -0.2) is 163 Å². The molecule has 0 spiro atoms. The van der Waals surface area contributed by atoms with Gasteiger partial charge in [-0.25, -0.2) is 37.8 Å². The summed E-state index contributed by atoms with van der Waals surface area (Å²) in [4.78, 5) is 153. The quantitative estimate of drug-likeness (QED) is 0.0307. The minimum atomic E-state index is -5.49. The van der Waals surface area contributed by atoms with Crippen LogP contribution < -0.4 is 45.1 Å². The highest BCUT2D eigenvalue weighted by atomic mass is 31.2. The number of anilines is 2. The molecule has 6 aromatic heterocycles. The van der Waals surface area contributed by atoms with Gasteiger partial charge in [0.1, 0.15) is 73.7 Å². The Morgan fingerprint density at radius 1 is 0.518 bits per heavy atom. The van der Waals surface area contributed by atoms with Crippen LogP contribution in [0.15, 0.2) is 53.8 Å². The molecular weight excluding hydrogens is 1230 g/mol. The van der Waals surface area contributed by atoms with Gasteiger partial charge in [0.2, 0.25) is 11.9 Å². The van der Waals surface area contributed by atoms with Crippen molar-refractivity contribution in [2.24, 2.45) is 0 Å². The Kier molecular flexibility index (Phi) is 17.4. The number of phosphoric ester groups is 4. The lowest BCUT2D eigenvalue weighted by Gasteiger charge is -2.25. The van der Waals surface area contributed by atoms with E-state index in [9.17, 15) is 76.6 Å². The monoisotopic (exact) mass is 1280 g/mol. The molecule has 45 heteroatoms. The van der Waals surface area contributed by atoms with Gasteiger partial charge in [-0.15, -0.1) is 0 Å². The van der Waals surface area contributed by atoms with Crippen molar-refractivity contribution in [3.8, 4) is 0 Å². The van der Waals surface area contributed by atoms with Crippen LogP contribution in [0.4, 0.5) is 11.9 Å². The van der Waals surface area contributed by atoms with E-state index in [2.05, 4.69) is 34.9 Å². The van der Waals surface area contributed by atoms with Crippen LogP contribution in [0.25, 0.3) is 22.3 Å². The highest BCUT2D eigenvalue weighted by Gasteiger charge is 2.49. The zero-order valence-corrected chi connectivity index (χ0v) is 47.2. The van der Waals surface area contributed by atoms with Crippen molar-refractivity contribution in [2.45, 2.75) is 113 Å². The molecular formula is C40H52N14O27P4. The number of aliphatic hydroxyl groups excluding tert-OH is 1. The van der Waals surface area contributed by atoms with E-state index in [1.165, 1.54) is 29.3 Å². The molecule has 0 bridgehead atoms. The molecule has 85 heavy (non-hydrogen) atoms. The molecule has 4 aliphatic heterocycles. The number of nitrogens with two attached hydrogens (primary N) is 2. The molecule has 0 amide bonds. The maximum absolute atomic E-state index is 14.0. The number of ether oxygens (including phenoxy) is 4. The summed E-state index contributed by atoms with van der Waals surface area (Å²) in [5.41, 5.74) is 6.10. The average molecular weight is 1280 g/mol. The summed E-state index contributed by atoms with van der Waals surface area (Å²) in [7, 11) is -21.5. The SMILES string of the molecule is Cc1cn([C@H]2C[C@H](OP(=O)(O)O)[C@@H](COP(=O)(O)O[C@H]3C[C@H](n4cc(C)c(=O)[nH]c4=O)O[C@@H]3COP(=O)(O)O[C@H]3C[C@H](n4cnc5c(=O)[nH]c(N)nc54)O[C@@H]3COP(=O)(O)O[C@H]3C[C@H](n4cnc5c(=O)[nH]c(N)nc54)O[C@@H]3CO)O2)c(=O)[nH]c1=O. The highest BCUT2D eigenvalue weighted by Crippen LogP contribution is 2.54.